The fourth-order valence-corrected chi connectivity index (χ4v) is 5.50. The molecule has 10 heteroatoms. The van der Waals surface area contributed by atoms with Gasteiger partial charge in [0.15, 0.2) is 0 Å². The molecule has 0 aliphatic carbocycles. The highest BCUT2D eigenvalue weighted by Crippen LogP contribution is 2.37. The van der Waals surface area contributed by atoms with Gasteiger partial charge in [-0.2, -0.15) is 0 Å². The Morgan fingerprint density at radius 2 is 1.71 bits per heavy atom. The third-order valence-corrected chi connectivity index (χ3v) is 7.16. The Labute approximate surface area is 204 Å². The van der Waals surface area contributed by atoms with E-state index in [4.69, 9.17) is 4.74 Å². The lowest BCUT2D eigenvalue weighted by atomic mass is 9.97. The number of nitrogens with zero attached hydrogens (tertiary/aromatic N) is 1. The Balaban J connectivity index is 1.29. The first-order valence-electron chi connectivity index (χ1n) is 11.0. The molecule has 0 saturated heterocycles. The van der Waals surface area contributed by atoms with Gasteiger partial charge in [0.25, 0.3) is 11.8 Å². The molecule has 1 unspecified atom stereocenters. The lowest BCUT2D eigenvalue weighted by molar-refractivity contribution is 0.0630. The van der Waals surface area contributed by atoms with Gasteiger partial charge in [0.1, 0.15) is 11.6 Å². The van der Waals surface area contributed by atoms with Crippen LogP contribution in [-0.4, -0.2) is 46.5 Å². The fraction of sp³-hybridized carbons (Fsp3) is 0.200. The molecule has 35 heavy (non-hydrogen) atoms. The Bertz CT molecular complexity index is 1300. The first kappa shape index (κ1) is 22.8. The van der Waals surface area contributed by atoms with E-state index in [1.807, 2.05) is 30.3 Å². The molecule has 0 bridgehead atoms. The van der Waals surface area contributed by atoms with Crippen molar-refractivity contribution in [2.45, 2.75) is 25.6 Å². The number of fused-ring (bicyclic) bond motifs is 2. The molecule has 0 saturated carbocycles. The van der Waals surface area contributed by atoms with Crippen molar-refractivity contribution in [3.05, 3.63) is 87.3 Å². The van der Waals surface area contributed by atoms with Crippen LogP contribution in [0.25, 0.3) is 0 Å². The van der Waals surface area contributed by atoms with Gasteiger partial charge in [0, 0.05) is 24.0 Å². The minimum atomic E-state index is -1.16. The van der Waals surface area contributed by atoms with Crippen molar-refractivity contribution in [2.75, 3.05) is 11.9 Å². The number of carboxylic acid groups (broad SMARTS) is 1. The number of carbonyl (C=O) groups excluding carboxylic acids is 3. The van der Waals surface area contributed by atoms with Gasteiger partial charge in [0.2, 0.25) is 0 Å². The van der Waals surface area contributed by atoms with Gasteiger partial charge >= 0.3 is 12.1 Å². The van der Waals surface area contributed by atoms with E-state index in [2.05, 4.69) is 10.6 Å². The topological polar surface area (TPSA) is 125 Å². The molecule has 3 amide bonds. The van der Waals surface area contributed by atoms with E-state index in [0.29, 0.717) is 29.7 Å². The van der Waals surface area contributed by atoms with Crippen LogP contribution >= 0.6 is 11.3 Å². The molecule has 0 spiro atoms. The molecule has 2 aromatic carbocycles. The number of carbonyl (C=O) groups is 4. The summed E-state index contributed by atoms with van der Waals surface area (Å²) in [5.41, 5.74) is 2.15. The molecule has 1 atom stereocenters. The molecule has 0 fully saturated rings. The number of nitrogens with one attached hydrogen (secondary N) is 2. The van der Waals surface area contributed by atoms with Crippen molar-refractivity contribution in [1.82, 2.24) is 10.2 Å². The third kappa shape index (κ3) is 4.41. The average molecular weight is 492 g/mol. The maximum Gasteiger partial charge on any atom is 0.412 e. The van der Waals surface area contributed by atoms with Crippen LogP contribution in [0.5, 0.6) is 0 Å². The molecular weight excluding hydrogens is 470 g/mol. The Morgan fingerprint density at radius 3 is 2.37 bits per heavy atom. The number of anilines is 1. The maximum absolute atomic E-state index is 12.7. The summed E-state index contributed by atoms with van der Waals surface area (Å²) >= 11 is 1.17. The molecule has 9 nitrogen and oxygen atoms in total. The number of hydrogen-bond donors (Lipinski definition) is 3. The number of aromatic carboxylic acids is 1. The van der Waals surface area contributed by atoms with Gasteiger partial charge < -0.3 is 15.2 Å². The molecule has 3 N–H and O–H groups in total. The van der Waals surface area contributed by atoms with Crippen molar-refractivity contribution >= 4 is 40.2 Å². The van der Waals surface area contributed by atoms with Gasteiger partial charge in [-0.15, -0.1) is 11.3 Å². The zero-order chi connectivity index (χ0) is 24.5. The molecule has 2 aliphatic heterocycles. The minimum absolute atomic E-state index is 0.00974. The first-order chi connectivity index (χ1) is 16.9. The number of carboxylic acids is 1. The predicted molar refractivity (Wildman–Crippen MR) is 128 cm³/mol. The van der Waals surface area contributed by atoms with Crippen LogP contribution in [0, 0.1) is 0 Å². The van der Waals surface area contributed by atoms with Crippen LogP contribution in [0.1, 0.15) is 47.1 Å². The fourth-order valence-electron chi connectivity index (χ4n) is 4.35. The number of thiophene rings is 1. The molecule has 3 aromatic rings. The lowest BCUT2D eigenvalue weighted by Crippen LogP contribution is -2.46. The highest BCUT2D eigenvalue weighted by Gasteiger charge is 2.38. The van der Waals surface area contributed by atoms with E-state index in [0.717, 1.165) is 10.4 Å². The number of hydrogen-bond acceptors (Lipinski definition) is 7. The highest BCUT2D eigenvalue weighted by atomic mass is 32.1. The van der Waals surface area contributed by atoms with Crippen LogP contribution in [0.4, 0.5) is 9.80 Å². The van der Waals surface area contributed by atoms with Crippen molar-refractivity contribution in [3.8, 4) is 0 Å². The number of ether oxygens (including phenoxy) is 1. The Morgan fingerprint density at radius 1 is 1.06 bits per heavy atom. The molecule has 5 rings (SSSR count). The molecule has 1 aromatic heterocycles. The SMILES string of the molecule is O=C(Nc1sc2c(c1C(=O)O)CC(CN1C(=O)c3ccccc3C1=O)NC2)OCc1ccccc1. The zero-order valence-corrected chi connectivity index (χ0v) is 19.3. The standard InChI is InChI=1S/C25H21N3O6S/c29-22-16-8-4-5-9-17(16)23(30)28(22)12-15-10-18-19(11-26-15)35-21(20(18)24(31)32)27-25(33)34-13-14-6-2-1-3-7-14/h1-9,15,26H,10-13H2,(H,27,33)(H,31,32). The summed E-state index contributed by atoms with van der Waals surface area (Å²) in [5.74, 6) is -1.88. The van der Waals surface area contributed by atoms with Crippen LogP contribution in [0.3, 0.4) is 0 Å². The number of imide groups is 1. The Kier molecular flexibility index (Phi) is 6.06. The van der Waals surface area contributed by atoms with Gasteiger partial charge in [-0.05, 0) is 29.7 Å². The van der Waals surface area contributed by atoms with Crippen molar-refractivity contribution in [3.63, 3.8) is 0 Å². The second kappa shape index (κ2) is 9.32. The van der Waals surface area contributed by atoms with E-state index in [-0.39, 0.29) is 41.6 Å². The second-order valence-electron chi connectivity index (χ2n) is 8.25. The zero-order valence-electron chi connectivity index (χ0n) is 18.4. The highest BCUT2D eigenvalue weighted by molar-refractivity contribution is 7.17. The molecule has 3 heterocycles. The summed E-state index contributed by atoms with van der Waals surface area (Å²) in [4.78, 5) is 51.8. The summed E-state index contributed by atoms with van der Waals surface area (Å²) in [5, 5.41) is 15.9. The van der Waals surface area contributed by atoms with E-state index >= 15 is 0 Å². The summed E-state index contributed by atoms with van der Waals surface area (Å²) in [6.07, 6.45) is -0.452. The van der Waals surface area contributed by atoms with Crippen LogP contribution in [0.15, 0.2) is 54.6 Å². The number of rotatable bonds is 6. The van der Waals surface area contributed by atoms with Gasteiger partial charge in [0.05, 0.1) is 16.7 Å². The van der Waals surface area contributed by atoms with E-state index in [9.17, 15) is 24.3 Å². The normalized spacial score (nSPS) is 16.6. The second-order valence-corrected chi connectivity index (χ2v) is 9.35. The smallest absolute Gasteiger partial charge is 0.412 e. The minimum Gasteiger partial charge on any atom is -0.478 e. The first-order valence-corrected chi connectivity index (χ1v) is 11.8. The summed E-state index contributed by atoms with van der Waals surface area (Å²) in [6, 6.07) is 15.5. The van der Waals surface area contributed by atoms with Gasteiger partial charge in [-0.1, -0.05) is 42.5 Å². The molecule has 2 aliphatic rings. The van der Waals surface area contributed by atoms with Crippen molar-refractivity contribution in [2.24, 2.45) is 0 Å². The van der Waals surface area contributed by atoms with Crippen LogP contribution in [0.2, 0.25) is 0 Å². The third-order valence-electron chi connectivity index (χ3n) is 6.02. The number of benzene rings is 2. The monoisotopic (exact) mass is 491 g/mol. The predicted octanol–water partition coefficient (Wildman–Crippen LogP) is 3.51. The van der Waals surface area contributed by atoms with Gasteiger partial charge in [-0.3, -0.25) is 19.8 Å². The van der Waals surface area contributed by atoms with E-state index in [1.54, 1.807) is 24.3 Å². The van der Waals surface area contributed by atoms with Crippen LogP contribution < -0.4 is 10.6 Å². The summed E-state index contributed by atoms with van der Waals surface area (Å²) in [7, 11) is 0. The largest absolute Gasteiger partial charge is 0.478 e. The van der Waals surface area contributed by atoms with Crippen molar-refractivity contribution in [1.29, 1.82) is 0 Å². The van der Waals surface area contributed by atoms with E-state index < -0.39 is 12.1 Å². The quantitative estimate of drug-likeness (QED) is 0.451. The summed E-state index contributed by atoms with van der Waals surface area (Å²) in [6.45, 7) is 0.529. The lowest BCUT2D eigenvalue weighted by Gasteiger charge is -2.27. The molecule has 178 valence electrons. The summed E-state index contributed by atoms with van der Waals surface area (Å²) < 4.78 is 5.23. The number of amides is 3. The Hall–Kier alpha value is -4.02. The van der Waals surface area contributed by atoms with Crippen LogP contribution in [-0.2, 0) is 24.3 Å². The molecule has 0 radical (unpaired) electrons. The van der Waals surface area contributed by atoms with Crippen molar-refractivity contribution < 1.29 is 29.0 Å². The van der Waals surface area contributed by atoms with Gasteiger partial charge in [-0.25, -0.2) is 9.59 Å². The average Bonchev–Trinajstić information content (AvgIpc) is 3.33. The molecular formula is C25H21N3O6S. The maximum atomic E-state index is 12.7. The van der Waals surface area contributed by atoms with E-state index in [1.165, 1.54) is 16.2 Å².